The molecule has 0 aliphatic rings. The second-order valence-corrected chi connectivity index (χ2v) is 5.66. The van der Waals surface area contributed by atoms with Crippen molar-refractivity contribution in [2.24, 2.45) is 0 Å². The average Bonchev–Trinajstić information content (AvgIpc) is 2.37. The summed E-state index contributed by atoms with van der Waals surface area (Å²) in [5.41, 5.74) is 7.95. The number of ether oxygens (including phenoxy) is 1. The molecule has 3 nitrogen and oxygen atoms in total. The van der Waals surface area contributed by atoms with Crippen molar-refractivity contribution in [1.29, 1.82) is 0 Å². The lowest BCUT2D eigenvalue weighted by Crippen LogP contribution is -2.11. The summed E-state index contributed by atoms with van der Waals surface area (Å²) in [5.74, 6) is 1.41. The quantitative estimate of drug-likeness (QED) is 0.913. The number of hydrogen-bond acceptors (Lipinski definition) is 3. The van der Waals surface area contributed by atoms with Gasteiger partial charge in [-0.15, -0.1) is 0 Å². The molecule has 0 saturated heterocycles. The highest BCUT2D eigenvalue weighted by atomic mass is 16.5. The Kier molecular flexibility index (Phi) is 3.74. The van der Waals surface area contributed by atoms with Crippen molar-refractivity contribution in [2.45, 2.75) is 32.8 Å². The standard InChI is InChI=1S/C16H20N2O/c1-16(2,3)13-5-4-6-14(9-13)19-11-12-7-8-15(17)18-10-12/h4-10H,11H2,1-3H3,(H2,17,18). The van der Waals surface area contributed by atoms with Crippen molar-refractivity contribution >= 4 is 5.82 Å². The van der Waals surface area contributed by atoms with Crippen LogP contribution in [0, 0.1) is 0 Å². The van der Waals surface area contributed by atoms with Gasteiger partial charge in [0.1, 0.15) is 18.2 Å². The molecular formula is C16H20N2O. The highest BCUT2D eigenvalue weighted by molar-refractivity contribution is 5.33. The van der Waals surface area contributed by atoms with Crippen molar-refractivity contribution < 1.29 is 4.74 Å². The van der Waals surface area contributed by atoms with Crippen molar-refractivity contribution in [1.82, 2.24) is 4.98 Å². The van der Waals surface area contributed by atoms with E-state index in [2.05, 4.69) is 37.9 Å². The van der Waals surface area contributed by atoms with E-state index in [-0.39, 0.29) is 5.41 Å². The fourth-order valence-corrected chi connectivity index (χ4v) is 1.74. The van der Waals surface area contributed by atoms with Crippen LogP contribution >= 0.6 is 0 Å². The Hall–Kier alpha value is -2.03. The highest BCUT2D eigenvalue weighted by Gasteiger charge is 2.13. The maximum absolute atomic E-state index is 5.79. The van der Waals surface area contributed by atoms with Crippen molar-refractivity contribution in [3.8, 4) is 5.75 Å². The van der Waals surface area contributed by atoms with Crippen LogP contribution in [-0.2, 0) is 12.0 Å². The molecule has 2 aromatic rings. The normalized spacial score (nSPS) is 11.3. The van der Waals surface area contributed by atoms with Gasteiger partial charge in [-0.05, 0) is 29.2 Å². The van der Waals surface area contributed by atoms with Gasteiger partial charge in [0, 0.05) is 11.8 Å². The fourth-order valence-electron chi connectivity index (χ4n) is 1.74. The molecule has 0 bridgehead atoms. The molecule has 0 spiro atoms. The lowest BCUT2D eigenvalue weighted by Gasteiger charge is -2.19. The minimum Gasteiger partial charge on any atom is -0.489 e. The lowest BCUT2D eigenvalue weighted by molar-refractivity contribution is 0.305. The summed E-state index contributed by atoms with van der Waals surface area (Å²) in [7, 11) is 0. The molecule has 0 radical (unpaired) electrons. The monoisotopic (exact) mass is 256 g/mol. The summed E-state index contributed by atoms with van der Waals surface area (Å²) in [5, 5.41) is 0. The van der Waals surface area contributed by atoms with Crippen LogP contribution in [0.4, 0.5) is 5.82 Å². The van der Waals surface area contributed by atoms with Crippen molar-refractivity contribution in [3.63, 3.8) is 0 Å². The summed E-state index contributed by atoms with van der Waals surface area (Å²) in [6, 6.07) is 11.9. The molecule has 3 heteroatoms. The molecule has 0 unspecified atom stereocenters. The Balaban J connectivity index is 2.05. The summed E-state index contributed by atoms with van der Waals surface area (Å²) >= 11 is 0. The molecule has 19 heavy (non-hydrogen) atoms. The van der Waals surface area contributed by atoms with E-state index in [9.17, 15) is 0 Å². The van der Waals surface area contributed by atoms with Gasteiger partial charge in [0.25, 0.3) is 0 Å². The first-order chi connectivity index (χ1) is 8.95. The van der Waals surface area contributed by atoms with E-state index in [1.54, 1.807) is 12.3 Å². The van der Waals surface area contributed by atoms with Crippen LogP contribution in [0.2, 0.25) is 0 Å². The third kappa shape index (κ3) is 3.71. The second-order valence-electron chi connectivity index (χ2n) is 5.66. The van der Waals surface area contributed by atoms with Gasteiger partial charge < -0.3 is 10.5 Å². The predicted octanol–water partition coefficient (Wildman–Crippen LogP) is 3.54. The number of nitrogens with two attached hydrogens (primary N) is 1. The van der Waals surface area contributed by atoms with Gasteiger partial charge in [0.15, 0.2) is 0 Å². The molecule has 0 atom stereocenters. The SMILES string of the molecule is CC(C)(C)c1cccc(OCc2ccc(N)nc2)c1. The largest absolute Gasteiger partial charge is 0.489 e. The van der Waals surface area contributed by atoms with Crippen LogP contribution in [0.25, 0.3) is 0 Å². The molecule has 1 aromatic carbocycles. The predicted molar refractivity (Wildman–Crippen MR) is 78.1 cm³/mol. The van der Waals surface area contributed by atoms with E-state index >= 15 is 0 Å². The van der Waals surface area contributed by atoms with E-state index in [0.717, 1.165) is 11.3 Å². The third-order valence-electron chi connectivity index (χ3n) is 2.95. The molecule has 0 fully saturated rings. The maximum Gasteiger partial charge on any atom is 0.123 e. The molecule has 0 aliphatic carbocycles. The number of nitrogens with zero attached hydrogens (tertiary/aromatic N) is 1. The maximum atomic E-state index is 5.79. The zero-order chi connectivity index (χ0) is 13.9. The zero-order valence-corrected chi connectivity index (χ0v) is 11.7. The summed E-state index contributed by atoms with van der Waals surface area (Å²) in [6.07, 6.45) is 1.74. The first-order valence-corrected chi connectivity index (χ1v) is 6.39. The average molecular weight is 256 g/mol. The van der Waals surface area contributed by atoms with Gasteiger partial charge >= 0.3 is 0 Å². The van der Waals surface area contributed by atoms with Crippen LogP contribution in [-0.4, -0.2) is 4.98 Å². The van der Waals surface area contributed by atoms with Crippen molar-refractivity contribution in [3.05, 3.63) is 53.7 Å². The molecule has 0 aliphatic heterocycles. The first-order valence-electron chi connectivity index (χ1n) is 6.39. The molecule has 1 heterocycles. The van der Waals surface area contributed by atoms with Crippen LogP contribution in [0.5, 0.6) is 5.75 Å². The summed E-state index contributed by atoms with van der Waals surface area (Å²) < 4.78 is 5.79. The van der Waals surface area contributed by atoms with E-state index in [1.807, 2.05) is 18.2 Å². The van der Waals surface area contributed by atoms with Crippen LogP contribution in [0.1, 0.15) is 31.9 Å². The third-order valence-corrected chi connectivity index (χ3v) is 2.95. The Labute approximate surface area is 114 Å². The zero-order valence-electron chi connectivity index (χ0n) is 11.7. The topological polar surface area (TPSA) is 48.1 Å². The fraction of sp³-hybridized carbons (Fsp3) is 0.312. The minimum absolute atomic E-state index is 0.127. The molecule has 100 valence electrons. The number of rotatable bonds is 3. The Morgan fingerprint density at radius 2 is 1.95 bits per heavy atom. The van der Waals surface area contributed by atoms with E-state index in [1.165, 1.54) is 5.56 Å². The number of pyridine rings is 1. The van der Waals surface area contributed by atoms with E-state index < -0.39 is 0 Å². The number of hydrogen-bond donors (Lipinski definition) is 1. The summed E-state index contributed by atoms with van der Waals surface area (Å²) in [4.78, 5) is 4.05. The Morgan fingerprint density at radius 3 is 2.58 bits per heavy atom. The highest BCUT2D eigenvalue weighted by Crippen LogP contribution is 2.25. The molecule has 2 N–H and O–H groups in total. The molecule has 0 amide bonds. The molecule has 0 saturated carbocycles. The second kappa shape index (κ2) is 5.31. The van der Waals surface area contributed by atoms with Gasteiger partial charge in [-0.1, -0.05) is 39.0 Å². The Morgan fingerprint density at radius 1 is 1.16 bits per heavy atom. The smallest absolute Gasteiger partial charge is 0.123 e. The van der Waals surface area contributed by atoms with Gasteiger partial charge in [-0.2, -0.15) is 0 Å². The Bertz CT molecular complexity index is 541. The number of aromatic nitrogens is 1. The lowest BCUT2D eigenvalue weighted by atomic mass is 9.87. The first kappa shape index (κ1) is 13.4. The van der Waals surface area contributed by atoms with Gasteiger partial charge in [0.2, 0.25) is 0 Å². The summed E-state index contributed by atoms with van der Waals surface area (Å²) in [6.45, 7) is 7.07. The van der Waals surface area contributed by atoms with Crippen molar-refractivity contribution in [2.75, 3.05) is 5.73 Å². The number of nitrogen functional groups attached to an aromatic ring is 1. The van der Waals surface area contributed by atoms with E-state index in [0.29, 0.717) is 12.4 Å². The van der Waals surface area contributed by atoms with Gasteiger partial charge in [0.05, 0.1) is 0 Å². The van der Waals surface area contributed by atoms with Crippen LogP contribution in [0.15, 0.2) is 42.6 Å². The number of benzene rings is 1. The molecule has 1 aromatic heterocycles. The van der Waals surface area contributed by atoms with Crippen LogP contribution < -0.4 is 10.5 Å². The molecular weight excluding hydrogens is 236 g/mol. The number of anilines is 1. The van der Waals surface area contributed by atoms with Gasteiger partial charge in [-0.3, -0.25) is 0 Å². The van der Waals surface area contributed by atoms with Gasteiger partial charge in [-0.25, -0.2) is 4.98 Å². The molecule has 2 rings (SSSR count). The van der Waals surface area contributed by atoms with E-state index in [4.69, 9.17) is 10.5 Å². The minimum atomic E-state index is 0.127. The van der Waals surface area contributed by atoms with Crippen LogP contribution in [0.3, 0.4) is 0 Å².